The quantitative estimate of drug-likeness (QED) is 0.647. The number of aromatic nitrogens is 2. The van der Waals surface area contributed by atoms with Crippen molar-refractivity contribution >= 4 is 5.96 Å². The van der Waals surface area contributed by atoms with Crippen LogP contribution in [0.15, 0.2) is 23.5 Å². The number of hydrogen-bond donors (Lipinski definition) is 1. The number of guanidine groups is 1. The Morgan fingerprint density at radius 3 is 2.54 bits per heavy atom. The van der Waals surface area contributed by atoms with Crippen molar-refractivity contribution in [2.24, 2.45) is 4.99 Å². The van der Waals surface area contributed by atoms with Crippen LogP contribution in [0.3, 0.4) is 0 Å². The van der Waals surface area contributed by atoms with E-state index in [1.807, 2.05) is 24.1 Å². The maximum Gasteiger partial charge on any atom is 0.403 e. The van der Waals surface area contributed by atoms with Crippen molar-refractivity contribution in [3.63, 3.8) is 0 Å². The number of alkyl halides is 3. The molecule has 1 N–H and O–H groups in total. The predicted octanol–water partition coefficient (Wildman–Crippen LogP) is 1.42. The highest BCUT2D eigenvalue weighted by molar-refractivity contribution is 5.80. The summed E-state index contributed by atoms with van der Waals surface area (Å²) in [7, 11) is 0. The van der Waals surface area contributed by atoms with Crippen LogP contribution in [-0.2, 0) is 6.54 Å². The molecule has 1 fully saturated rings. The molecule has 1 atom stereocenters. The lowest BCUT2D eigenvalue weighted by Gasteiger charge is -2.39. The molecule has 1 aliphatic heterocycles. The Labute approximate surface area is 140 Å². The third-order valence-corrected chi connectivity index (χ3v) is 4.12. The smallest absolute Gasteiger partial charge is 0.357 e. The van der Waals surface area contributed by atoms with Gasteiger partial charge in [-0.15, -0.1) is 0 Å². The summed E-state index contributed by atoms with van der Waals surface area (Å²) in [5, 5.41) is 7.34. The molecule has 2 heterocycles. The van der Waals surface area contributed by atoms with E-state index >= 15 is 0 Å². The molecule has 0 aromatic carbocycles. The van der Waals surface area contributed by atoms with Crippen LogP contribution in [0.5, 0.6) is 0 Å². The second-order valence-corrected chi connectivity index (χ2v) is 5.75. The minimum atomic E-state index is -4.18. The Hall–Kier alpha value is -1.77. The molecule has 6 nitrogen and oxygen atoms in total. The van der Waals surface area contributed by atoms with Gasteiger partial charge in [-0.05, 0) is 19.9 Å². The van der Waals surface area contributed by atoms with E-state index in [0.717, 1.165) is 12.5 Å². The molecule has 0 amide bonds. The average molecular weight is 346 g/mol. The first-order chi connectivity index (χ1) is 11.4. The molecule has 1 aliphatic rings. The number of aliphatic imine (C=N–C) groups is 1. The first-order valence-corrected chi connectivity index (χ1v) is 8.23. The number of halogens is 3. The van der Waals surface area contributed by atoms with Gasteiger partial charge in [0.2, 0.25) is 0 Å². The average Bonchev–Trinajstić information content (AvgIpc) is 3.06. The van der Waals surface area contributed by atoms with Gasteiger partial charge in [0.25, 0.3) is 0 Å². The van der Waals surface area contributed by atoms with Gasteiger partial charge >= 0.3 is 6.18 Å². The van der Waals surface area contributed by atoms with Gasteiger partial charge in [-0.25, -0.2) is 0 Å². The van der Waals surface area contributed by atoms with Crippen molar-refractivity contribution in [1.29, 1.82) is 0 Å². The Bertz CT molecular complexity index is 506. The monoisotopic (exact) mass is 346 g/mol. The van der Waals surface area contributed by atoms with Gasteiger partial charge < -0.3 is 10.2 Å². The van der Waals surface area contributed by atoms with Crippen molar-refractivity contribution in [3.8, 4) is 0 Å². The van der Waals surface area contributed by atoms with Crippen LogP contribution < -0.4 is 5.32 Å². The standard InChI is InChI=1S/C15H25F3N6/c1-3-19-14(20-6-8-24-7-4-5-21-24)23-11-9-22(10-12-23)13(2)15(16,17)18/h4-5,7,13H,3,6,8-12H2,1-2H3,(H,19,20). The summed E-state index contributed by atoms with van der Waals surface area (Å²) < 4.78 is 40.2. The van der Waals surface area contributed by atoms with Crippen LogP contribution in [0.1, 0.15) is 13.8 Å². The van der Waals surface area contributed by atoms with E-state index in [4.69, 9.17) is 0 Å². The van der Waals surface area contributed by atoms with Crippen LogP contribution in [0.2, 0.25) is 0 Å². The molecule has 9 heteroatoms. The highest BCUT2D eigenvalue weighted by Crippen LogP contribution is 2.25. The fourth-order valence-corrected chi connectivity index (χ4v) is 2.64. The molecular weight excluding hydrogens is 321 g/mol. The Morgan fingerprint density at radius 1 is 1.29 bits per heavy atom. The van der Waals surface area contributed by atoms with Crippen LogP contribution in [0.4, 0.5) is 13.2 Å². The van der Waals surface area contributed by atoms with Crippen molar-refractivity contribution in [1.82, 2.24) is 24.9 Å². The van der Waals surface area contributed by atoms with Gasteiger partial charge in [-0.1, -0.05) is 0 Å². The molecule has 2 rings (SSSR count). The Balaban J connectivity index is 1.88. The maximum absolute atomic E-state index is 12.8. The van der Waals surface area contributed by atoms with Crippen molar-refractivity contribution in [2.75, 3.05) is 39.3 Å². The first kappa shape index (κ1) is 18.6. The normalized spacial score (nSPS) is 18.7. The summed E-state index contributed by atoms with van der Waals surface area (Å²) in [6.45, 7) is 7.00. The van der Waals surface area contributed by atoms with Crippen LogP contribution in [-0.4, -0.2) is 77.0 Å². The van der Waals surface area contributed by atoms with Gasteiger partial charge in [0.05, 0.1) is 13.1 Å². The van der Waals surface area contributed by atoms with Crippen molar-refractivity contribution in [3.05, 3.63) is 18.5 Å². The maximum atomic E-state index is 12.8. The topological polar surface area (TPSA) is 48.7 Å². The Morgan fingerprint density at radius 2 is 2.00 bits per heavy atom. The predicted molar refractivity (Wildman–Crippen MR) is 86.9 cm³/mol. The van der Waals surface area contributed by atoms with Crippen LogP contribution in [0, 0.1) is 0 Å². The zero-order valence-electron chi connectivity index (χ0n) is 14.1. The lowest BCUT2D eigenvalue weighted by Crippen LogP contribution is -2.56. The minimum absolute atomic E-state index is 0.379. The summed E-state index contributed by atoms with van der Waals surface area (Å²) in [5.41, 5.74) is 0. The SMILES string of the molecule is CCNC(=NCCn1cccn1)N1CCN(C(C)C(F)(F)F)CC1. The van der Waals surface area contributed by atoms with E-state index in [2.05, 4.69) is 15.4 Å². The fourth-order valence-electron chi connectivity index (χ4n) is 2.64. The summed E-state index contributed by atoms with van der Waals surface area (Å²) in [5.74, 6) is 0.754. The number of rotatable bonds is 5. The summed E-state index contributed by atoms with van der Waals surface area (Å²) in [6.07, 6.45) is -0.583. The summed E-state index contributed by atoms with van der Waals surface area (Å²) in [4.78, 5) is 8.06. The number of nitrogens with one attached hydrogen (secondary N) is 1. The zero-order valence-corrected chi connectivity index (χ0v) is 14.1. The van der Waals surface area contributed by atoms with E-state index in [9.17, 15) is 13.2 Å². The summed E-state index contributed by atoms with van der Waals surface area (Å²) >= 11 is 0. The number of hydrogen-bond acceptors (Lipinski definition) is 3. The molecule has 0 aliphatic carbocycles. The molecule has 1 aromatic rings. The molecule has 0 saturated carbocycles. The lowest BCUT2D eigenvalue weighted by molar-refractivity contribution is -0.181. The van der Waals surface area contributed by atoms with Gasteiger partial charge in [0, 0.05) is 45.1 Å². The second kappa shape index (κ2) is 8.36. The molecular formula is C15H25F3N6. The highest BCUT2D eigenvalue weighted by Gasteiger charge is 2.41. The first-order valence-electron chi connectivity index (χ1n) is 8.23. The lowest BCUT2D eigenvalue weighted by atomic mass is 10.2. The molecule has 1 unspecified atom stereocenters. The van der Waals surface area contributed by atoms with Crippen LogP contribution >= 0.6 is 0 Å². The van der Waals surface area contributed by atoms with Crippen LogP contribution in [0.25, 0.3) is 0 Å². The molecule has 0 radical (unpaired) electrons. The molecule has 136 valence electrons. The summed E-state index contributed by atoms with van der Waals surface area (Å²) in [6, 6.07) is 0.453. The van der Waals surface area contributed by atoms with E-state index in [1.165, 1.54) is 11.8 Å². The molecule has 1 saturated heterocycles. The minimum Gasteiger partial charge on any atom is -0.357 e. The molecule has 0 bridgehead atoms. The van der Waals surface area contributed by atoms with E-state index in [1.54, 1.807) is 10.9 Å². The third-order valence-electron chi connectivity index (χ3n) is 4.12. The van der Waals surface area contributed by atoms with Gasteiger partial charge in [-0.2, -0.15) is 18.3 Å². The van der Waals surface area contributed by atoms with Gasteiger partial charge in [0.1, 0.15) is 6.04 Å². The van der Waals surface area contributed by atoms with Gasteiger partial charge in [0.15, 0.2) is 5.96 Å². The number of nitrogens with zero attached hydrogens (tertiary/aromatic N) is 5. The van der Waals surface area contributed by atoms with Gasteiger partial charge in [-0.3, -0.25) is 14.6 Å². The van der Waals surface area contributed by atoms with Crippen molar-refractivity contribution < 1.29 is 13.2 Å². The van der Waals surface area contributed by atoms with E-state index in [-0.39, 0.29) is 0 Å². The molecule has 24 heavy (non-hydrogen) atoms. The number of piperazine rings is 1. The molecule has 1 aromatic heterocycles. The third kappa shape index (κ3) is 5.12. The fraction of sp³-hybridized carbons (Fsp3) is 0.733. The van der Waals surface area contributed by atoms with E-state index in [0.29, 0.717) is 39.3 Å². The highest BCUT2D eigenvalue weighted by atomic mass is 19.4. The Kier molecular flexibility index (Phi) is 6.47. The zero-order chi connectivity index (χ0) is 17.6. The molecule has 0 spiro atoms. The largest absolute Gasteiger partial charge is 0.403 e. The second-order valence-electron chi connectivity index (χ2n) is 5.75. The van der Waals surface area contributed by atoms with Crippen molar-refractivity contribution in [2.45, 2.75) is 32.6 Å². The van der Waals surface area contributed by atoms with E-state index < -0.39 is 12.2 Å².